The van der Waals surface area contributed by atoms with Crippen molar-refractivity contribution in [2.75, 3.05) is 30.8 Å². The number of likely N-dealkylation sites (N-methyl/N-ethyl adjacent to an activating group) is 1. The molecular weight excluding hydrogens is 322 g/mol. The molecule has 0 unspecified atom stereocenters. The minimum Gasteiger partial charge on any atom is -0.368 e. The first-order valence-electron chi connectivity index (χ1n) is 6.33. The van der Waals surface area contributed by atoms with E-state index < -0.39 is 0 Å². The van der Waals surface area contributed by atoms with E-state index in [9.17, 15) is 0 Å². The van der Waals surface area contributed by atoms with E-state index in [1.165, 1.54) is 0 Å². The number of hydrogen-bond acceptors (Lipinski definition) is 6. The van der Waals surface area contributed by atoms with Gasteiger partial charge in [0.05, 0.1) is 17.5 Å². The molecule has 0 radical (unpaired) electrons. The lowest BCUT2D eigenvalue weighted by Crippen LogP contribution is -2.57. The zero-order valence-electron chi connectivity index (χ0n) is 11.3. The van der Waals surface area contributed by atoms with Crippen LogP contribution in [0.5, 0.6) is 0 Å². The molecule has 0 atom stereocenters. The molecular formula is C12H16BrN7. The molecule has 0 saturated carbocycles. The van der Waals surface area contributed by atoms with E-state index >= 15 is 0 Å². The van der Waals surface area contributed by atoms with Gasteiger partial charge in [-0.3, -0.25) is 4.68 Å². The van der Waals surface area contributed by atoms with E-state index in [2.05, 4.69) is 41.2 Å². The maximum absolute atomic E-state index is 5.83. The normalized spacial score (nSPS) is 15.4. The van der Waals surface area contributed by atoms with Gasteiger partial charge >= 0.3 is 0 Å². The van der Waals surface area contributed by atoms with Crippen molar-refractivity contribution in [1.82, 2.24) is 25.1 Å². The van der Waals surface area contributed by atoms with Gasteiger partial charge in [-0.15, -0.1) is 0 Å². The van der Waals surface area contributed by atoms with E-state index in [4.69, 9.17) is 5.73 Å². The Kier molecular flexibility index (Phi) is 3.35. The fourth-order valence-corrected chi connectivity index (χ4v) is 2.59. The molecule has 0 spiro atoms. The van der Waals surface area contributed by atoms with Gasteiger partial charge < -0.3 is 16.0 Å². The van der Waals surface area contributed by atoms with Gasteiger partial charge in [0.2, 0.25) is 5.95 Å². The summed E-state index contributed by atoms with van der Waals surface area (Å²) in [4.78, 5) is 10.8. The molecule has 3 N–H and O–H groups in total. The molecule has 1 fully saturated rings. The molecule has 0 bridgehead atoms. The summed E-state index contributed by atoms with van der Waals surface area (Å²) >= 11 is 3.50. The summed E-state index contributed by atoms with van der Waals surface area (Å²) in [6, 6.07) is 2.46. The Balaban J connectivity index is 1.93. The van der Waals surface area contributed by atoms with Crippen LogP contribution in [-0.4, -0.2) is 45.9 Å². The molecule has 2 aromatic rings. The lowest BCUT2D eigenvalue weighted by Gasteiger charge is -2.40. The Hall–Kier alpha value is -1.67. The Bertz CT molecular complexity index is 633. The summed E-state index contributed by atoms with van der Waals surface area (Å²) in [5.74, 6) is 1.14. The number of aryl methyl sites for hydroxylation is 1. The van der Waals surface area contributed by atoms with Crippen LogP contribution in [0.2, 0.25) is 0 Å². The van der Waals surface area contributed by atoms with Crippen LogP contribution in [-0.2, 0) is 7.05 Å². The van der Waals surface area contributed by atoms with Crippen LogP contribution >= 0.6 is 15.9 Å². The van der Waals surface area contributed by atoms with Crippen molar-refractivity contribution in [2.45, 2.75) is 6.04 Å². The summed E-state index contributed by atoms with van der Waals surface area (Å²) in [5, 5.41) is 7.44. The zero-order valence-corrected chi connectivity index (χ0v) is 12.9. The summed E-state index contributed by atoms with van der Waals surface area (Å²) in [7, 11) is 3.83. The van der Waals surface area contributed by atoms with Crippen LogP contribution < -0.4 is 16.0 Å². The van der Waals surface area contributed by atoms with E-state index in [1.807, 2.05) is 20.2 Å². The number of aromatic nitrogens is 4. The number of nitrogens with one attached hydrogen (secondary N) is 1. The highest BCUT2D eigenvalue weighted by Crippen LogP contribution is 2.29. The van der Waals surface area contributed by atoms with Gasteiger partial charge in [0.1, 0.15) is 10.4 Å². The van der Waals surface area contributed by atoms with Crippen molar-refractivity contribution in [3.63, 3.8) is 0 Å². The van der Waals surface area contributed by atoms with Gasteiger partial charge in [-0.2, -0.15) is 10.1 Å². The SMILES string of the molecule is CNC1CN(c2cc(-c3cnn(C)c3Br)nc(N)n2)C1. The van der Waals surface area contributed by atoms with Crippen LogP contribution in [0.3, 0.4) is 0 Å². The molecule has 8 heteroatoms. The van der Waals surface area contributed by atoms with Crippen LogP contribution in [0, 0.1) is 0 Å². The van der Waals surface area contributed by atoms with Gasteiger partial charge in [-0.25, -0.2) is 4.98 Å². The fourth-order valence-electron chi connectivity index (χ4n) is 2.20. The second-order valence-electron chi connectivity index (χ2n) is 4.83. The molecule has 0 aromatic carbocycles. The van der Waals surface area contributed by atoms with Crippen LogP contribution in [0.1, 0.15) is 0 Å². The Morgan fingerprint density at radius 1 is 1.40 bits per heavy atom. The Labute approximate surface area is 125 Å². The van der Waals surface area contributed by atoms with E-state index in [0.717, 1.165) is 34.8 Å². The standard InChI is InChI=1S/C12H16BrN7/c1-15-7-5-20(6-7)10-3-9(17-12(14)18-10)8-4-16-19(2)11(8)13/h3-4,7,15H,5-6H2,1-2H3,(H2,14,17,18). The van der Waals surface area contributed by atoms with Crippen molar-refractivity contribution in [3.8, 4) is 11.3 Å². The van der Waals surface area contributed by atoms with Crippen LogP contribution in [0.4, 0.5) is 11.8 Å². The number of nitrogen functional groups attached to an aromatic ring is 1. The van der Waals surface area contributed by atoms with Crippen molar-refractivity contribution < 1.29 is 0 Å². The van der Waals surface area contributed by atoms with Crippen LogP contribution in [0.15, 0.2) is 16.9 Å². The molecule has 2 aromatic heterocycles. The Morgan fingerprint density at radius 3 is 2.75 bits per heavy atom. The highest BCUT2D eigenvalue weighted by atomic mass is 79.9. The molecule has 106 valence electrons. The summed E-state index contributed by atoms with van der Waals surface area (Å²) in [6.45, 7) is 1.86. The van der Waals surface area contributed by atoms with E-state index in [0.29, 0.717) is 6.04 Å². The third-order valence-electron chi connectivity index (χ3n) is 3.49. The lowest BCUT2D eigenvalue weighted by molar-refractivity contribution is 0.447. The van der Waals surface area contributed by atoms with Crippen molar-refractivity contribution >= 4 is 27.7 Å². The zero-order chi connectivity index (χ0) is 14.3. The molecule has 3 rings (SSSR count). The molecule has 7 nitrogen and oxygen atoms in total. The molecule has 1 saturated heterocycles. The van der Waals surface area contributed by atoms with Gasteiger partial charge in [-0.05, 0) is 23.0 Å². The first kappa shape index (κ1) is 13.3. The highest BCUT2D eigenvalue weighted by molar-refractivity contribution is 9.10. The third kappa shape index (κ3) is 2.25. The molecule has 0 aliphatic carbocycles. The van der Waals surface area contributed by atoms with Crippen molar-refractivity contribution in [1.29, 1.82) is 0 Å². The second kappa shape index (κ2) is 5.02. The van der Waals surface area contributed by atoms with Gasteiger partial charge in [0.25, 0.3) is 0 Å². The second-order valence-corrected chi connectivity index (χ2v) is 5.58. The summed E-state index contributed by atoms with van der Waals surface area (Å²) in [5.41, 5.74) is 7.52. The third-order valence-corrected chi connectivity index (χ3v) is 4.43. The minimum atomic E-state index is 0.279. The predicted octanol–water partition coefficient (Wildman–Crippen LogP) is 0.630. The molecule has 3 heterocycles. The lowest BCUT2D eigenvalue weighted by atomic mass is 10.1. The summed E-state index contributed by atoms with van der Waals surface area (Å²) < 4.78 is 2.62. The number of nitrogens with two attached hydrogens (primary N) is 1. The maximum atomic E-state index is 5.83. The minimum absolute atomic E-state index is 0.279. The average molecular weight is 338 g/mol. The van der Waals surface area contributed by atoms with Gasteiger partial charge in [0.15, 0.2) is 0 Å². The van der Waals surface area contributed by atoms with Crippen molar-refractivity contribution in [3.05, 3.63) is 16.9 Å². The fraction of sp³-hybridized carbons (Fsp3) is 0.417. The molecule has 20 heavy (non-hydrogen) atoms. The van der Waals surface area contributed by atoms with E-state index in [-0.39, 0.29) is 5.95 Å². The predicted molar refractivity (Wildman–Crippen MR) is 81.4 cm³/mol. The number of hydrogen-bond donors (Lipinski definition) is 2. The summed E-state index contributed by atoms with van der Waals surface area (Å²) in [6.07, 6.45) is 1.77. The van der Waals surface area contributed by atoms with Crippen molar-refractivity contribution in [2.24, 2.45) is 7.05 Å². The quantitative estimate of drug-likeness (QED) is 0.854. The van der Waals surface area contributed by atoms with Gasteiger partial charge in [-0.1, -0.05) is 0 Å². The highest BCUT2D eigenvalue weighted by Gasteiger charge is 2.27. The smallest absolute Gasteiger partial charge is 0.222 e. The number of rotatable bonds is 3. The van der Waals surface area contributed by atoms with Gasteiger partial charge in [0, 0.05) is 32.2 Å². The molecule has 1 aliphatic heterocycles. The number of anilines is 2. The first-order valence-corrected chi connectivity index (χ1v) is 7.12. The average Bonchev–Trinajstić information content (AvgIpc) is 2.68. The largest absolute Gasteiger partial charge is 0.368 e. The maximum Gasteiger partial charge on any atom is 0.222 e. The number of halogens is 1. The topological polar surface area (TPSA) is 84.9 Å². The Morgan fingerprint density at radius 2 is 2.15 bits per heavy atom. The molecule has 1 aliphatic rings. The monoisotopic (exact) mass is 337 g/mol. The number of nitrogens with zero attached hydrogens (tertiary/aromatic N) is 5. The molecule has 0 amide bonds. The van der Waals surface area contributed by atoms with Crippen LogP contribution in [0.25, 0.3) is 11.3 Å². The first-order chi connectivity index (χ1) is 9.58. The van der Waals surface area contributed by atoms with E-state index in [1.54, 1.807) is 10.9 Å².